The summed E-state index contributed by atoms with van der Waals surface area (Å²) in [7, 11) is 1.78. The Kier molecular flexibility index (Phi) is 5.75. The Balaban J connectivity index is 1.63. The normalized spacial score (nSPS) is 18.1. The number of fused-ring (bicyclic) bond motifs is 1. The van der Waals surface area contributed by atoms with Crippen LogP contribution >= 0.6 is 0 Å². The van der Waals surface area contributed by atoms with Crippen LogP contribution in [0.15, 0.2) is 84.9 Å². The van der Waals surface area contributed by atoms with Gasteiger partial charge >= 0.3 is 0 Å². The number of methoxy groups -OCH3 is 1. The first kappa shape index (κ1) is 18.7. The molecule has 3 aromatic carbocycles. The second-order valence-corrected chi connectivity index (χ2v) is 7.61. The van der Waals surface area contributed by atoms with Crippen LogP contribution in [0.2, 0.25) is 0 Å². The van der Waals surface area contributed by atoms with E-state index in [1.54, 1.807) is 7.11 Å². The SMILES string of the molecule is COC[C@]1(CN(Cc2ccccc2)Cc2ccccc2)COc2ccccc21. The number of hydrogen-bond donors (Lipinski definition) is 0. The molecular formula is C25H27NO2. The van der Waals surface area contributed by atoms with Crippen LogP contribution in [0, 0.1) is 0 Å². The minimum atomic E-state index is -0.158. The standard InChI is InChI=1S/C25H27NO2/c1-27-19-25(20-28-24-15-9-8-14-23(24)25)18-26(16-21-10-4-2-5-11-21)17-22-12-6-3-7-13-22/h2-15H,16-20H2,1H3/t25-/m1/s1. The summed E-state index contributed by atoms with van der Waals surface area (Å²) in [4.78, 5) is 2.51. The molecule has 0 saturated carbocycles. The molecule has 1 aliphatic heterocycles. The second kappa shape index (κ2) is 8.59. The predicted octanol–water partition coefficient (Wildman–Crippen LogP) is 4.67. The maximum atomic E-state index is 6.06. The third kappa shape index (κ3) is 4.11. The first-order valence-electron chi connectivity index (χ1n) is 9.80. The lowest BCUT2D eigenvalue weighted by atomic mass is 9.82. The van der Waals surface area contributed by atoms with Crippen LogP contribution < -0.4 is 4.74 Å². The highest BCUT2D eigenvalue weighted by atomic mass is 16.5. The fourth-order valence-corrected chi connectivity index (χ4v) is 4.18. The maximum absolute atomic E-state index is 6.06. The highest BCUT2D eigenvalue weighted by Gasteiger charge is 2.42. The smallest absolute Gasteiger partial charge is 0.123 e. The number of ether oxygens (including phenoxy) is 2. The molecule has 0 saturated heterocycles. The van der Waals surface area contributed by atoms with Crippen LogP contribution in [-0.4, -0.2) is 31.8 Å². The van der Waals surface area contributed by atoms with Gasteiger partial charge in [0.1, 0.15) is 12.4 Å². The molecule has 0 amide bonds. The van der Waals surface area contributed by atoms with Gasteiger partial charge in [0, 0.05) is 32.3 Å². The maximum Gasteiger partial charge on any atom is 0.123 e. The molecule has 1 atom stereocenters. The average Bonchev–Trinajstić information content (AvgIpc) is 3.08. The van der Waals surface area contributed by atoms with E-state index in [9.17, 15) is 0 Å². The molecule has 0 aliphatic carbocycles. The summed E-state index contributed by atoms with van der Waals surface area (Å²) in [6, 6.07) is 29.7. The van der Waals surface area contributed by atoms with Crippen LogP contribution in [0.25, 0.3) is 0 Å². The largest absolute Gasteiger partial charge is 0.492 e. The van der Waals surface area contributed by atoms with Crippen LogP contribution in [0.1, 0.15) is 16.7 Å². The molecule has 3 aromatic rings. The molecule has 1 aliphatic rings. The van der Waals surface area contributed by atoms with Crippen LogP contribution in [-0.2, 0) is 23.2 Å². The topological polar surface area (TPSA) is 21.7 Å². The minimum Gasteiger partial charge on any atom is -0.492 e. The van der Waals surface area contributed by atoms with Gasteiger partial charge in [-0.2, -0.15) is 0 Å². The van der Waals surface area contributed by atoms with E-state index in [2.05, 4.69) is 83.8 Å². The van der Waals surface area contributed by atoms with E-state index < -0.39 is 0 Å². The lowest BCUT2D eigenvalue weighted by Crippen LogP contribution is -2.45. The molecule has 3 heteroatoms. The summed E-state index contributed by atoms with van der Waals surface area (Å²) in [5.74, 6) is 0.985. The van der Waals surface area contributed by atoms with E-state index in [0.717, 1.165) is 25.4 Å². The summed E-state index contributed by atoms with van der Waals surface area (Å²) in [6.07, 6.45) is 0. The van der Waals surface area contributed by atoms with Crippen molar-refractivity contribution in [1.82, 2.24) is 4.90 Å². The molecule has 0 radical (unpaired) electrons. The zero-order valence-corrected chi connectivity index (χ0v) is 16.4. The van der Waals surface area contributed by atoms with Gasteiger partial charge in [-0.05, 0) is 17.2 Å². The van der Waals surface area contributed by atoms with Gasteiger partial charge < -0.3 is 9.47 Å². The quantitative estimate of drug-likeness (QED) is 0.573. The predicted molar refractivity (Wildman–Crippen MR) is 112 cm³/mol. The van der Waals surface area contributed by atoms with Crippen molar-refractivity contribution in [1.29, 1.82) is 0 Å². The molecular weight excluding hydrogens is 346 g/mol. The Morgan fingerprint density at radius 2 is 1.39 bits per heavy atom. The van der Waals surface area contributed by atoms with Crippen molar-refractivity contribution in [2.75, 3.05) is 26.9 Å². The van der Waals surface area contributed by atoms with E-state index in [1.807, 2.05) is 6.07 Å². The molecule has 0 aromatic heterocycles. The number of rotatable bonds is 8. The van der Waals surface area contributed by atoms with Crippen molar-refractivity contribution >= 4 is 0 Å². The first-order valence-corrected chi connectivity index (χ1v) is 9.80. The molecule has 0 N–H and O–H groups in total. The number of hydrogen-bond acceptors (Lipinski definition) is 3. The van der Waals surface area contributed by atoms with Crippen molar-refractivity contribution in [3.05, 3.63) is 102 Å². The van der Waals surface area contributed by atoms with Gasteiger partial charge in [-0.25, -0.2) is 0 Å². The summed E-state index contributed by atoms with van der Waals surface area (Å²) in [6.45, 7) is 3.96. The summed E-state index contributed by atoms with van der Waals surface area (Å²) < 4.78 is 11.7. The monoisotopic (exact) mass is 373 g/mol. The Morgan fingerprint density at radius 3 is 2.00 bits per heavy atom. The third-order valence-electron chi connectivity index (χ3n) is 5.41. The summed E-state index contributed by atoms with van der Waals surface area (Å²) >= 11 is 0. The Hall–Kier alpha value is -2.62. The fraction of sp³-hybridized carbons (Fsp3) is 0.280. The number of para-hydroxylation sites is 1. The van der Waals surface area contributed by atoms with Gasteiger partial charge in [-0.3, -0.25) is 4.90 Å². The molecule has 0 fully saturated rings. The lowest BCUT2D eigenvalue weighted by molar-refractivity contribution is 0.0748. The van der Waals surface area contributed by atoms with E-state index in [4.69, 9.17) is 9.47 Å². The second-order valence-electron chi connectivity index (χ2n) is 7.61. The molecule has 0 unspecified atom stereocenters. The molecule has 144 valence electrons. The minimum absolute atomic E-state index is 0.158. The van der Waals surface area contributed by atoms with Crippen molar-refractivity contribution in [3.63, 3.8) is 0 Å². The van der Waals surface area contributed by atoms with E-state index in [1.165, 1.54) is 16.7 Å². The molecule has 28 heavy (non-hydrogen) atoms. The summed E-state index contributed by atoms with van der Waals surface area (Å²) in [5, 5.41) is 0. The number of nitrogens with zero attached hydrogens (tertiary/aromatic N) is 1. The Bertz CT molecular complexity index is 836. The Morgan fingerprint density at radius 1 is 0.821 bits per heavy atom. The van der Waals surface area contributed by atoms with Crippen LogP contribution in [0.3, 0.4) is 0 Å². The zero-order chi connectivity index (χ0) is 19.2. The van der Waals surface area contributed by atoms with Gasteiger partial charge in [0.05, 0.1) is 12.0 Å². The fourth-order valence-electron chi connectivity index (χ4n) is 4.18. The molecule has 1 heterocycles. The highest BCUT2D eigenvalue weighted by Crippen LogP contribution is 2.40. The van der Waals surface area contributed by atoms with E-state index >= 15 is 0 Å². The first-order chi connectivity index (χ1) is 13.8. The van der Waals surface area contributed by atoms with Crippen molar-refractivity contribution in [2.45, 2.75) is 18.5 Å². The van der Waals surface area contributed by atoms with Crippen molar-refractivity contribution in [3.8, 4) is 5.75 Å². The van der Waals surface area contributed by atoms with Gasteiger partial charge in [0.2, 0.25) is 0 Å². The van der Waals surface area contributed by atoms with Crippen molar-refractivity contribution < 1.29 is 9.47 Å². The Labute approximate surface area is 167 Å². The van der Waals surface area contributed by atoms with Crippen molar-refractivity contribution in [2.24, 2.45) is 0 Å². The van der Waals surface area contributed by atoms with Gasteiger partial charge in [-0.1, -0.05) is 78.9 Å². The lowest BCUT2D eigenvalue weighted by Gasteiger charge is -2.34. The van der Waals surface area contributed by atoms with Gasteiger partial charge in [-0.15, -0.1) is 0 Å². The van der Waals surface area contributed by atoms with Gasteiger partial charge in [0.15, 0.2) is 0 Å². The van der Waals surface area contributed by atoms with E-state index in [-0.39, 0.29) is 5.41 Å². The molecule has 0 spiro atoms. The highest BCUT2D eigenvalue weighted by molar-refractivity contribution is 5.44. The third-order valence-corrected chi connectivity index (χ3v) is 5.41. The zero-order valence-electron chi connectivity index (χ0n) is 16.4. The molecule has 4 rings (SSSR count). The molecule has 0 bridgehead atoms. The van der Waals surface area contributed by atoms with Gasteiger partial charge in [0.25, 0.3) is 0 Å². The van der Waals surface area contributed by atoms with Crippen LogP contribution in [0.4, 0.5) is 0 Å². The number of benzene rings is 3. The van der Waals surface area contributed by atoms with E-state index in [0.29, 0.717) is 13.2 Å². The summed E-state index contributed by atoms with van der Waals surface area (Å²) in [5.41, 5.74) is 3.73. The van der Waals surface area contributed by atoms with Crippen LogP contribution in [0.5, 0.6) is 5.75 Å². The molecule has 3 nitrogen and oxygen atoms in total. The average molecular weight is 373 g/mol.